The van der Waals surface area contributed by atoms with Gasteiger partial charge in [-0.2, -0.15) is 4.31 Å². The fourth-order valence-electron chi connectivity index (χ4n) is 3.61. The first-order valence-electron chi connectivity index (χ1n) is 9.76. The van der Waals surface area contributed by atoms with Gasteiger partial charge in [0.15, 0.2) is 0 Å². The van der Waals surface area contributed by atoms with E-state index in [9.17, 15) is 13.2 Å². The van der Waals surface area contributed by atoms with E-state index in [2.05, 4.69) is 10.3 Å². The molecular formula is C21H24N4O3S. The number of sulfonamides is 1. The highest BCUT2D eigenvalue weighted by Gasteiger charge is 2.27. The molecule has 1 saturated heterocycles. The molecule has 1 amide bonds. The molecule has 8 heteroatoms. The van der Waals surface area contributed by atoms with Crippen molar-refractivity contribution in [1.82, 2.24) is 13.9 Å². The Morgan fingerprint density at radius 2 is 1.90 bits per heavy atom. The molecule has 0 atom stereocenters. The Bertz CT molecular complexity index is 1150. The van der Waals surface area contributed by atoms with E-state index in [1.807, 2.05) is 35.8 Å². The number of rotatable bonds is 6. The van der Waals surface area contributed by atoms with Gasteiger partial charge in [0.1, 0.15) is 0 Å². The minimum Gasteiger partial charge on any atom is -0.330 e. The summed E-state index contributed by atoms with van der Waals surface area (Å²) in [5, 5.41) is 2.92. The fourth-order valence-corrected chi connectivity index (χ4v) is 5.15. The lowest BCUT2D eigenvalue weighted by atomic mass is 10.2. The molecule has 3 aromatic rings. The second-order valence-electron chi connectivity index (χ2n) is 7.31. The molecule has 0 bridgehead atoms. The van der Waals surface area contributed by atoms with Gasteiger partial charge in [-0.25, -0.2) is 13.4 Å². The predicted molar refractivity (Wildman–Crippen MR) is 112 cm³/mol. The van der Waals surface area contributed by atoms with Gasteiger partial charge in [-0.3, -0.25) is 4.79 Å². The molecule has 2 heterocycles. The molecule has 2 aromatic carbocycles. The van der Waals surface area contributed by atoms with Crippen LogP contribution in [0.2, 0.25) is 0 Å². The third-order valence-electron chi connectivity index (χ3n) is 5.29. The minimum atomic E-state index is -3.47. The number of hydrogen-bond donors (Lipinski definition) is 1. The number of aromatic nitrogens is 2. The second kappa shape index (κ2) is 7.96. The van der Waals surface area contributed by atoms with Crippen molar-refractivity contribution in [3.8, 4) is 0 Å². The maximum atomic E-state index is 12.7. The zero-order valence-electron chi connectivity index (χ0n) is 16.3. The van der Waals surface area contributed by atoms with Crippen LogP contribution in [0.5, 0.6) is 0 Å². The van der Waals surface area contributed by atoms with Crippen molar-refractivity contribution >= 4 is 32.7 Å². The highest BCUT2D eigenvalue weighted by Crippen LogP contribution is 2.24. The van der Waals surface area contributed by atoms with Crippen molar-refractivity contribution in [3.63, 3.8) is 0 Å². The fraction of sp³-hybridized carbons (Fsp3) is 0.333. The first kappa shape index (κ1) is 19.6. The van der Waals surface area contributed by atoms with Crippen LogP contribution in [0.25, 0.3) is 11.0 Å². The van der Waals surface area contributed by atoms with Gasteiger partial charge in [-0.05, 0) is 49.6 Å². The van der Waals surface area contributed by atoms with Crippen molar-refractivity contribution in [2.75, 3.05) is 18.4 Å². The zero-order chi connectivity index (χ0) is 20.4. The van der Waals surface area contributed by atoms with Crippen molar-refractivity contribution < 1.29 is 13.2 Å². The van der Waals surface area contributed by atoms with Gasteiger partial charge in [0, 0.05) is 31.7 Å². The lowest BCUT2D eigenvalue weighted by Crippen LogP contribution is -2.27. The lowest BCUT2D eigenvalue weighted by molar-refractivity contribution is -0.116. The van der Waals surface area contributed by atoms with Crippen molar-refractivity contribution in [2.45, 2.75) is 37.6 Å². The molecule has 152 valence electrons. The third kappa shape index (κ3) is 4.04. The minimum absolute atomic E-state index is 0.0746. The van der Waals surface area contributed by atoms with Crippen LogP contribution in [0, 0.1) is 6.92 Å². The summed E-state index contributed by atoms with van der Waals surface area (Å²) >= 11 is 0. The topological polar surface area (TPSA) is 84.3 Å². The number of imidazole rings is 1. The first-order chi connectivity index (χ1) is 13.9. The standard InChI is InChI=1S/C21H24N4O3S/c1-16-6-2-3-7-18(16)23-21(26)10-13-24-15-22-19-14-17(8-9-20(19)24)29(27,28)25-11-4-5-12-25/h2-3,6-9,14-15H,4-5,10-13H2,1H3,(H,23,26). The molecule has 0 saturated carbocycles. The molecule has 0 radical (unpaired) electrons. The summed E-state index contributed by atoms with van der Waals surface area (Å²) in [6.45, 7) is 3.56. The summed E-state index contributed by atoms with van der Waals surface area (Å²) in [5.74, 6) is -0.0746. The third-order valence-corrected chi connectivity index (χ3v) is 7.19. The number of carbonyl (C=O) groups is 1. The molecule has 0 aliphatic carbocycles. The van der Waals surface area contributed by atoms with Gasteiger partial charge in [0.05, 0.1) is 22.3 Å². The Labute approximate surface area is 170 Å². The van der Waals surface area contributed by atoms with Crippen molar-refractivity contribution in [3.05, 3.63) is 54.4 Å². The Kier molecular flexibility index (Phi) is 5.38. The molecular weight excluding hydrogens is 388 g/mol. The second-order valence-corrected chi connectivity index (χ2v) is 9.25. The lowest BCUT2D eigenvalue weighted by Gasteiger charge is -2.15. The van der Waals surface area contributed by atoms with Gasteiger partial charge in [-0.15, -0.1) is 0 Å². The van der Waals surface area contributed by atoms with Crippen LogP contribution < -0.4 is 5.32 Å². The van der Waals surface area contributed by atoms with E-state index < -0.39 is 10.0 Å². The number of anilines is 1. The number of aryl methyl sites for hydroxylation is 2. The number of hydrogen-bond acceptors (Lipinski definition) is 4. The van der Waals surface area contributed by atoms with Gasteiger partial charge >= 0.3 is 0 Å². The van der Waals surface area contributed by atoms with Crippen LogP contribution in [-0.2, 0) is 21.4 Å². The van der Waals surface area contributed by atoms with E-state index >= 15 is 0 Å². The van der Waals surface area contributed by atoms with E-state index in [-0.39, 0.29) is 10.8 Å². The molecule has 1 N–H and O–H groups in total. The number of amides is 1. The number of nitrogens with one attached hydrogen (secondary N) is 1. The van der Waals surface area contributed by atoms with Gasteiger partial charge in [-0.1, -0.05) is 18.2 Å². The molecule has 0 spiro atoms. The van der Waals surface area contributed by atoms with Crippen LogP contribution in [0.15, 0.2) is 53.7 Å². The van der Waals surface area contributed by atoms with Crippen LogP contribution in [0.1, 0.15) is 24.8 Å². The summed E-state index contributed by atoms with van der Waals surface area (Å²) in [4.78, 5) is 16.9. The van der Waals surface area contributed by atoms with E-state index in [4.69, 9.17) is 0 Å². The smallest absolute Gasteiger partial charge is 0.243 e. The van der Waals surface area contributed by atoms with Crippen molar-refractivity contribution in [2.24, 2.45) is 0 Å². The highest BCUT2D eigenvalue weighted by molar-refractivity contribution is 7.89. The SMILES string of the molecule is Cc1ccccc1NC(=O)CCn1cnc2cc(S(=O)(=O)N3CCCC3)ccc21. The van der Waals surface area contributed by atoms with Gasteiger partial charge in [0.25, 0.3) is 0 Å². The average Bonchev–Trinajstić information content (AvgIpc) is 3.38. The molecule has 1 aromatic heterocycles. The number of fused-ring (bicyclic) bond motifs is 1. The Morgan fingerprint density at radius 1 is 1.14 bits per heavy atom. The van der Waals surface area contributed by atoms with E-state index in [1.165, 1.54) is 4.31 Å². The summed E-state index contributed by atoms with van der Waals surface area (Å²) in [7, 11) is -3.47. The molecule has 7 nitrogen and oxygen atoms in total. The molecule has 4 rings (SSSR count). The number of benzene rings is 2. The van der Waals surface area contributed by atoms with Gasteiger partial charge in [0.2, 0.25) is 15.9 Å². The first-order valence-corrected chi connectivity index (χ1v) is 11.2. The van der Waals surface area contributed by atoms with E-state index in [0.29, 0.717) is 31.6 Å². The maximum Gasteiger partial charge on any atom is 0.243 e. The normalized spacial score (nSPS) is 15.1. The highest BCUT2D eigenvalue weighted by atomic mass is 32.2. The Hall–Kier alpha value is -2.71. The van der Waals surface area contributed by atoms with E-state index in [0.717, 1.165) is 29.6 Å². The molecule has 1 aliphatic heterocycles. The van der Waals surface area contributed by atoms with Crippen molar-refractivity contribution in [1.29, 1.82) is 0 Å². The molecule has 1 fully saturated rings. The zero-order valence-corrected chi connectivity index (χ0v) is 17.2. The monoisotopic (exact) mass is 412 g/mol. The van der Waals surface area contributed by atoms with Gasteiger partial charge < -0.3 is 9.88 Å². The van der Waals surface area contributed by atoms with Crippen LogP contribution in [-0.4, -0.2) is 41.3 Å². The number of nitrogens with zero attached hydrogens (tertiary/aromatic N) is 3. The van der Waals surface area contributed by atoms with E-state index in [1.54, 1.807) is 24.5 Å². The van der Waals surface area contributed by atoms with Crippen LogP contribution in [0.3, 0.4) is 0 Å². The Balaban J connectivity index is 1.46. The summed E-state index contributed by atoms with van der Waals surface area (Å²) in [6.07, 6.45) is 3.76. The number of carbonyl (C=O) groups excluding carboxylic acids is 1. The summed E-state index contributed by atoms with van der Waals surface area (Å²) in [6, 6.07) is 12.7. The number of para-hydroxylation sites is 1. The largest absolute Gasteiger partial charge is 0.330 e. The molecule has 1 aliphatic rings. The quantitative estimate of drug-likeness (QED) is 0.674. The van der Waals surface area contributed by atoms with Crippen LogP contribution in [0.4, 0.5) is 5.69 Å². The molecule has 29 heavy (non-hydrogen) atoms. The maximum absolute atomic E-state index is 12.7. The average molecular weight is 413 g/mol. The predicted octanol–water partition coefficient (Wildman–Crippen LogP) is 3.16. The Morgan fingerprint density at radius 3 is 2.66 bits per heavy atom. The summed E-state index contributed by atoms with van der Waals surface area (Å²) < 4.78 is 28.9. The van der Waals surface area contributed by atoms with Crippen LogP contribution >= 0.6 is 0 Å². The summed E-state index contributed by atoms with van der Waals surface area (Å²) in [5.41, 5.74) is 3.25. The molecule has 0 unspecified atom stereocenters.